The molecule has 2 aromatic carbocycles. The van der Waals surface area contributed by atoms with Gasteiger partial charge in [0.2, 0.25) is 5.91 Å². The Kier molecular flexibility index (Phi) is 5.56. The van der Waals surface area contributed by atoms with E-state index in [0.29, 0.717) is 13.1 Å². The van der Waals surface area contributed by atoms with Crippen LogP contribution in [0.25, 0.3) is 11.0 Å². The van der Waals surface area contributed by atoms with Gasteiger partial charge in [-0.2, -0.15) is 0 Å². The van der Waals surface area contributed by atoms with Gasteiger partial charge in [0.05, 0.1) is 11.0 Å². The number of carbonyl (C=O) groups excluding carboxylic acids is 1. The van der Waals surface area contributed by atoms with Gasteiger partial charge in [-0.15, -0.1) is 0 Å². The number of benzene rings is 2. The molecule has 1 aromatic heterocycles. The van der Waals surface area contributed by atoms with Crippen molar-refractivity contribution in [2.75, 3.05) is 5.32 Å². The summed E-state index contributed by atoms with van der Waals surface area (Å²) in [6.45, 7) is 5.08. The molecular weight excluding hydrogens is 326 g/mol. The predicted octanol–water partition coefficient (Wildman–Crippen LogP) is 3.80. The van der Waals surface area contributed by atoms with Crippen LogP contribution in [0.2, 0.25) is 0 Å². The minimum absolute atomic E-state index is 0.0644. The zero-order valence-electron chi connectivity index (χ0n) is 15.4. The number of hydrogen-bond acceptors (Lipinski definition) is 2. The molecule has 0 radical (unpaired) electrons. The molecule has 0 aliphatic heterocycles. The van der Waals surface area contributed by atoms with Crippen LogP contribution in [0.1, 0.15) is 32.3 Å². The lowest BCUT2D eigenvalue weighted by atomic mass is 10.1. The maximum absolute atomic E-state index is 12.6. The van der Waals surface area contributed by atoms with E-state index >= 15 is 0 Å². The van der Waals surface area contributed by atoms with E-state index in [1.165, 1.54) is 5.56 Å². The van der Waals surface area contributed by atoms with Crippen molar-refractivity contribution in [3.63, 3.8) is 0 Å². The number of aryl methyl sites for hydroxylation is 3. The number of aromatic nitrogens is 2. The molecule has 5 nitrogen and oxygen atoms in total. The Morgan fingerprint density at radius 1 is 0.962 bits per heavy atom. The van der Waals surface area contributed by atoms with Crippen LogP contribution < -0.4 is 11.0 Å². The summed E-state index contributed by atoms with van der Waals surface area (Å²) in [5.74, 6) is -0.0894. The van der Waals surface area contributed by atoms with Gasteiger partial charge >= 0.3 is 5.69 Å². The molecule has 3 aromatic rings. The fourth-order valence-electron chi connectivity index (χ4n) is 3.27. The van der Waals surface area contributed by atoms with Crippen LogP contribution in [0.5, 0.6) is 0 Å². The van der Waals surface area contributed by atoms with E-state index in [0.717, 1.165) is 29.6 Å². The monoisotopic (exact) mass is 351 g/mol. The first kappa shape index (κ1) is 18.0. The third-order valence-corrected chi connectivity index (χ3v) is 4.58. The molecule has 5 heteroatoms. The number of rotatable bonds is 7. The highest BCUT2D eigenvalue weighted by molar-refractivity contribution is 5.90. The lowest BCUT2D eigenvalue weighted by Gasteiger charge is -2.07. The molecule has 1 N–H and O–H groups in total. The van der Waals surface area contributed by atoms with E-state index in [1.807, 2.05) is 55.5 Å². The highest BCUT2D eigenvalue weighted by Gasteiger charge is 2.12. The minimum Gasteiger partial charge on any atom is -0.326 e. The van der Waals surface area contributed by atoms with Crippen LogP contribution in [0.15, 0.2) is 53.3 Å². The van der Waals surface area contributed by atoms with Crippen molar-refractivity contribution >= 4 is 22.6 Å². The lowest BCUT2D eigenvalue weighted by Crippen LogP contribution is -2.25. The van der Waals surface area contributed by atoms with Crippen LogP contribution in [-0.2, 0) is 24.3 Å². The van der Waals surface area contributed by atoms with Crippen molar-refractivity contribution in [3.05, 3.63) is 64.6 Å². The van der Waals surface area contributed by atoms with Crippen LogP contribution in [0.3, 0.4) is 0 Å². The Bertz CT molecular complexity index is 952. The van der Waals surface area contributed by atoms with Gasteiger partial charge in [-0.1, -0.05) is 37.6 Å². The SMILES string of the molecule is CCCc1ccc(NC(=O)CCn2c(=O)n(CC)c3ccccc32)cc1. The van der Waals surface area contributed by atoms with Crippen molar-refractivity contribution in [1.82, 2.24) is 9.13 Å². The summed E-state index contributed by atoms with van der Waals surface area (Å²) in [7, 11) is 0. The quantitative estimate of drug-likeness (QED) is 0.704. The lowest BCUT2D eigenvalue weighted by molar-refractivity contribution is -0.116. The Labute approximate surface area is 153 Å². The van der Waals surface area contributed by atoms with E-state index in [1.54, 1.807) is 9.13 Å². The molecule has 26 heavy (non-hydrogen) atoms. The fourth-order valence-corrected chi connectivity index (χ4v) is 3.27. The molecular formula is C21H25N3O2. The van der Waals surface area contributed by atoms with Crippen molar-refractivity contribution < 1.29 is 4.79 Å². The summed E-state index contributed by atoms with van der Waals surface area (Å²) < 4.78 is 3.42. The van der Waals surface area contributed by atoms with E-state index in [2.05, 4.69) is 12.2 Å². The Hall–Kier alpha value is -2.82. The first-order valence-corrected chi connectivity index (χ1v) is 9.21. The number of carbonyl (C=O) groups is 1. The van der Waals surface area contributed by atoms with Gasteiger partial charge in [0.1, 0.15) is 0 Å². The zero-order chi connectivity index (χ0) is 18.5. The number of anilines is 1. The first-order valence-electron chi connectivity index (χ1n) is 9.21. The first-order chi connectivity index (χ1) is 12.6. The number of nitrogens with zero attached hydrogens (tertiary/aromatic N) is 2. The molecule has 3 rings (SSSR count). The van der Waals surface area contributed by atoms with Crippen molar-refractivity contribution in [3.8, 4) is 0 Å². The Morgan fingerprint density at radius 3 is 2.23 bits per heavy atom. The minimum atomic E-state index is -0.0894. The van der Waals surface area contributed by atoms with Gasteiger partial charge in [-0.3, -0.25) is 13.9 Å². The van der Waals surface area contributed by atoms with E-state index in [-0.39, 0.29) is 18.0 Å². The molecule has 0 fully saturated rings. The highest BCUT2D eigenvalue weighted by Crippen LogP contribution is 2.14. The second kappa shape index (κ2) is 8.04. The van der Waals surface area contributed by atoms with E-state index in [4.69, 9.17) is 0 Å². The third kappa shape index (κ3) is 3.72. The molecule has 0 saturated heterocycles. The van der Waals surface area contributed by atoms with Crippen molar-refractivity contribution in [1.29, 1.82) is 0 Å². The smallest absolute Gasteiger partial charge is 0.326 e. The van der Waals surface area contributed by atoms with Crippen molar-refractivity contribution in [2.45, 2.75) is 46.2 Å². The van der Waals surface area contributed by atoms with Gasteiger partial charge in [-0.05, 0) is 43.2 Å². The number of amides is 1. The summed E-state index contributed by atoms with van der Waals surface area (Å²) in [6, 6.07) is 15.6. The number of para-hydroxylation sites is 2. The predicted molar refractivity (Wildman–Crippen MR) is 106 cm³/mol. The largest absolute Gasteiger partial charge is 0.329 e. The Morgan fingerprint density at radius 2 is 1.62 bits per heavy atom. The molecule has 0 saturated carbocycles. The molecule has 0 unspecified atom stereocenters. The second-order valence-corrected chi connectivity index (χ2v) is 6.41. The fraction of sp³-hybridized carbons (Fsp3) is 0.333. The number of hydrogen-bond donors (Lipinski definition) is 1. The summed E-state index contributed by atoms with van der Waals surface area (Å²) in [6.07, 6.45) is 2.40. The van der Waals surface area contributed by atoms with E-state index < -0.39 is 0 Å². The highest BCUT2D eigenvalue weighted by atomic mass is 16.2. The molecule has 0 aliphatic carbocycles. The second-order valence-electron chi connectivity index (χ2n) is 6.41. The average molecular weight is 351 g/mol. The third-order valence-electron chi connectivity index (χ3n) is 4.58. The van der Waals surface area contributed by atoms with E-state index in [9.17, 15) is 9.59 Å². The summed E-state index contributed by atoms with van der Waals surface area (Å²) in [4.78, 5) is 24.9. The molecule has 0 atom stereocenters. The van der Waals surface area contributed by atoms with Crippen LogP contribution in [0.4, 0.5) is 5.69 Å². The number of imidazole rings is 1. The topological polar surface area (TPSA) is 56.0 Å². The average Bonchev–Trinajstić information content (AvgIpc) is 2.92. The zero-order valence-corrected chi connectivity index (χ0v) is 15.4. The van der Waals surface area contributed by atoms with Gasteiger partial charge in [0, 0.05) is 25.2 Å². The molecule has 136 valence electrons. The maximum atomic E-state index is 12.6. The summed E-state index contributed by atoms with van der Waals surface area (Å²) in [5.41, 5.74) is 3.77. The van der Waals surface area contributed by atoms with Crippen LogP contribution >= 0.6 is 0 Å². The van der Waals surface area contributed by atoms with Gasteiger partial charge in [-0.25, -0.2) is 4.79 Å². The molecule has 0 spiro atoms. The molecule has 1 heterocycles. The summed E-state index contributed by atoms with van der Waals surface area (Å²) >= 11 is 0. The number of nitrogens with one attached hydrogen (secondary N) is 1. The Balaban J connectivity index is 1.69. The summed E-state index contributed by atoms with van der Waals surface area (Å²) in [5, 5.41) is 2.91. The van der Waals surface area contributed by atoms with Crippen molar-refractivity contribution in [2.24, 2.45) is 0 Å². The normalized spacial score (nSPS) is 11.0. The molecule has 0 bridgehead atoms. The van der Waals surface area contributed by atoms with Crippen LogP contribution in [-0.4, -0.2) is 15.0 Å². The van der Waals surface area contributed by atoms with Gasteiger partial charge < -0.3 is 5.32 Å². The van der Waals surface area contributed by atoms with Gasteiger partial charge in [0.15, 0.2) is 0 Å². The number of fused-ring (bicyclic) bond motifs is 1. The van der Waals surface area contributed by atoms with Crippen LogP contribution in [0, 0.1) is 0 Å². The molecule has 1 amide bonds. The maximum Gasteiger partial charge on any atom is 0.329 e. The standard InChI is InChI=1S/C21H25N3O2/c1-3-7-16-10-12-17(13-11-16)22-20(25)14-15-24-19-9-6-5-8-18(19)23(4-2)21(24)26/h5-6,8-13H,3-4,7,14-15H2,1-2H3,(H,22,25). The van der Waals surface area contributed by atoms with Gasteiger partial charge in [0.25, 0.3) is 0 Å². The molecule has 0 aliphatic rings.